The molecule has 7 heteroatoms. The predicted molar refractivity (Wildman–Crippen MR) is 107 cm³/mol. The second-order valence-electron chi connectivity index (χ2n) is 5.75. The highest BCUT2D eigenvalue weighted by Gasteiger charge is 2.38. The molecule has 2 heterocycles. The summed E-state index contributed by atoms with van der Waals surface area (Å²) in [7, 11) is 1.60. The number of ketones is 1. The third-order valence-corrected chi connectivity index (χ3v) is 5.76. The molecule has 26 heavy (non-hydrogen) atoms. The summed E-state index contributed by atoms with van der Waals surface area (Å²) >= 11 is 2.60. The molecule has 136 valence electrons. The summed E-state index contributed by atoms with van der Waals surface area (Å²) in [5, 5.41) is 11.0. The summed E-state index contributed by atoms with van der Waals surface area (Å²) in [5.74, 6) is 0.696. The summed E-state index contributed by atoms with van der Waals surface area (Å²) < 4.78 is 11.2. The van der Waals surface area contributed by atoms with Gasteiger partial charge in [0.15, 0.2) is 17.3 Å². The van der Waals surface area contributed by atoms with E-state index in [9.17, 15) is 4.79 Å². The van der Waals surface area contributed by atoms with Gasteiger partial charge in [0.25, 0.3) is 0 Å². The van der Waals surface area contributed by atoms with E-state index in [1.807, 2.05) is 23.6 Å². The van der Waals surface area contributed by atoms with Crippen LogP contribution in [0, 0.1) is 5.41 Å². The number of rotatable bonds is 7. The molecule has 0 saturated carbocycles. The molecule has 0 bridgehead atoms. The molecule has 3 rings (SSSR count). The fraction of sp³-hybridized carbons (Fsp3) is 0.316. The highest BCUT2D eigenvalue weighted by atomic mass is 32.2. The first-order valence-corrected chi connectivity index (χ1v) is 10.1. The van der Waals surface area contributed by atoms with Crippen molar-refractivity contribution in [2.24, 2.45) is 0 Å². The van der Waals surface area contributed by atoms with Crippen LogP contribution in [0.4, 0.5) is 0 Å². The van der Waals surface area contributed by atoms with E-state index in [2.05, 4.69) is 11.9 Å². The number of carbonyl (C=O) groups is 1. The number of Topliss-reactive ketones (excluding diaryl/α,β-unsaturated/α-hetero) is 1. The van der Waals surface area contributed by atoms with Gasteiger partial charge < -0.3 is 9.47 Å². The second kappa shape index (κ2) is 8.51. The molecule has 1 aliphatic heterocycles. The Labute approximate surface area is 160 Å². The third-order valence-electron chi connectivity index (χ3n) is 3.93. The number of unbranched alkanes of at least 4 members (excludes halogenated alkanes) is 1. The standard InChI is InChI=1S/C19H20N2O3S2/c1-3-4-8-24-13-6-5-12(10-14(13)23-2)11-15-17(22)16(18(20)26-15)19-21-7-9-25-19/h5-7,9-11,16,20H,3-4,8H2,1-2H3/b15-11-,20-18?/t16-/m1/s1. The van der Waals surface area contributed by atoms with Gasteiger partial charge in [0.1, 0.15) is 10.9 Å². The SMILES string of the molecule is CCCCOc1ccc(/C=C2\SC(=N)[C@H](c3nccs3)C2=O)cc1OC. The lowest BCUT2D eigenvalue weighted by Gasteiger charge is -2.11. The molecule has 0 radical (unpaired) electrons. The zero-order chi connectivity index (χ0) is 18.5. The number of carbonyl (C=O) groups excluding carboxylic acids is 1. The average Bonchev–Trinajstić information content (AvgIpc) is 3.24. The first kappa shape index (κ1) is 18.7. The first-order chi connectivity index (χ1) is 12.6. The topological polar surface area (TPSA) is 72.3 Å². The fourth-order valence-electron chi connectivity index (χ4n) is 2.56. The van der Waals surface area contributed by atoms with Gasteiger partial charge in [-0.15, -0.1) is 11.3 Å². The van der Waals surface area contributed by atoms with Crippen molar-refractivity contribution in [2.45, 2.75) is 25.7 Å². The minimum Gasteiger partial charge on any atom is -0.493 e. The Morgan fingerprint density at radius 1 is 1.35 bits per heavy atom. The molecule has 0 unspecified atom stereocenters. The van der Waals surface area contributed by atoms with E-state index in [1.165, 1.54) is 23.1 Å². The molecule has 5 nitrogen and oxygen atoms in total. The van der Waals surface area contributed by atoms with Gasteiger partial charge in [0.2, 0.25) is 0 Å². The number of aromatic nitrogens is 1. The average molecular weight is 389 g/mol. The summed E-state index contributed by atoms with van der Waals surface area (Å²) in [6.45, 7) is 2.76. The van der Waals surface area contributed by atoms with E-state index in [0.717, 1.165) is 18.4 Å². The molecule has 1 saturated heterocycles. The van der Waals surface area contributed by atoms with Crippen LogP contribution < -0.4 is 9.47 Å². The maximum absolute atomic E-state index is 12.7. The number of allylic oxidation sites excluding steroid dienone is 1. The van der Waals surface area contributed by atoms with Crippen molar-refractivity contribution in [1.29, 1.82) is 5.41 Å². The number of hydrogen-bond acceptors (Lipinski definition) is 7. The minimum atomic E-state index is -0.565. The molecule has 1 aliphatic rings. The third kappa shape index (κ3) is 3.99. The molecular weight excluding hydrogens is 368 g/mol. The van der Waals surface area contributed by atoms with Crippen molar-refractivity contribution in [3.8, 4) is 11.5 Å². The summed E-state index contributed by atoms with van der Waals surface area (Å²) in [6.07, 6.45) is 5.51. The van der Waals surface area contributed by atoms with Crippen LogP contribution in [0.25, 0.3) is 6.08 Å². The predicted octanol–water partition coefficient (Wildman–Crippen LogP) is 4.75. The van der Waals surface area contributed by atoms with Crippen molar-refractivity contribution in [3.05, 3.63) is 45.3 Å². The van der Waals surface area contributed by atoms with Gasteiger partial charge in [0.05, 0.1) is 23.7 Å². The monoisotopic (exact) mass is 388 g/mol. The van der Waals surface area contributed by atoms with E-state index >= 15 is 0 Å². The van der Waals surface area contributed by atoms with Crippen LogP contribution in [-0.2, 0) is 4.79 Å². The van der Waals surface area contributed by atoms with E-state index in [-0.39, 0.29) is 5.78 Å². The van der Waals surface area contributed by atoms with E-state index in [1.54, 1.807) is 19.4 Å². The summed E-state index contributed by atoms with van der Waals surface area (Å²) in [4.78, 5) is 17.4. The Morgan fingerprint density at radius 2 is 2.19 bits per heavy atom. The maximum Gasteiger partial charge on any atom is 0.186 e. The smallest absolute Gasteiger partial charge is 0.186 e. The van der Waals surface area contributed by atoms with Crippen LogP contribution >= 0.6 is 23.1 Å². The van der Waals surface area contributed by atoms with Gasteiger partial charge in [-0.25, -0.2) is 4.98 Å². The van der Waals surface area contributed by atoms with Gasteiger partial charge in [-0.05, 0) is 30.2 Å². The Kier molecular flexibility index (Phi) is 6.11. The van der Waals surface area contributed by atoms with Gasteiger partial charge in [-0.1, -0.05) is 31.2 Å². The fourth-order valence-corrected chi connectivity index (χ4v) is 4.37. The highest BCUT2D eigenvalue weighted by Crippen LogP contribution is 2.41. The Balaban J connectivity index is 1.81. The van der Waals surface area contributed by atoms with Gasteiger partial charge in [-0.3, -0.25) is 10.2 Å². The van der Waals surface area contributed by atoms with Crippen LogP contribution in [0.15, 0.2) is 34.7 Å². The number of benzene rings is 1. The van der Waals surface area contributed by atoms with Crippen LogP contribution in [0.5, 0.6) is 11.5 Å². The normalized spacial score (nSPS) is 18.5. The van der Waals surface area contributed by atoms with Crippen LogP contribution in [0.1, 0.15) is 36.3 Å². The van der Waals surface area contributed by atoms with Crippen LogP contribution in [0.3, 0.4) is 0 Å². The van der Waals surface area contributed by atoms with Crippen molar-refractivity contribution in [3.63, 3.8) is 0 Å². The van der Waals surface area contributed by atoms with E-state index in [4.69, 9.17) is 14.9 Å². The number of thiazole rings is 1. The largest absolute Gasteiger partial charge is 0.493 e. The first-order valence-electron chi connectivity index (χ1n) is 8.36. The van der Waals surface area contributed by atoms with Crippen molar-refractivity contribution < 1.29 is 14.3 Å². The number of methoxy groups -OCH3 is 1. The van der Waals surface area contributed by atoms with Crippen molar-refractivity contribution in [1.82, 2.24) is 4.98 Å². The number of nitrogens with one attached hydrogen (secondary N) is 1. The molecule has 1 atom stereocenters. The lowest BCUT2D eigenvalue weighted by molar-refractivity contribution is -0.114. The number of ether oxygens (including phenoxy) is 2. The quantitative estimate of drug-likeness (QED) is 0.547. The van der Waals surface area contributed by atoms with Crippen molar-refractivity contribution >= 4 is 40.0 Å². The summed E-state index contributed by atoms with van der Waals surface area (Å²) in [6, 6.07) is 5.60. The minimum absolute atomic E-state index is 0.0720. The van der Waals surface area contributed by atoms with Gasteiger partial charge in [-0.2, -0.15) is 0 Å². The second-order valence-corrected chi connectivity index (χ2v) is 7.76. The highest BCUT2D eigenvalue weighted by molar-refractivity contribution is 8.19. The maximum atomic E-state index is 12.7. The molecule has 0 amide bonds. The lowest BCUT2D eigenvalue weighted by Crippen LogP contribution is -2.11. The molecule has 1 aromatic heterocycles. The van der Waals surface area contributed by atoms with Crippen LogP contribution in [-0.4, -0.2) is 29.5 Å². The lowest BCUT2D eigenvalue weighted by atomic mass is 10.0. The van der Waals surface area contributed by atoms with E-state index in [0.29, 0.717) is 33.1 Å². The Hall–Kier alpha value is -2.12. The zero-order valence-corrected chi connectivity index (χ0v) is 16.3. The molecule has 1 N–H and O–H groups in total. The van der Waals surface area contributed by atoms with Crippen LogP contribution in [0.2, 0.25) is 0 Å². The number of nitrogens with zero attached hydrogens (tertiary/aromatic N) is 1. The zero-order valence-electron chi connectivity index (χ0n) is 14.7. The summed E-state index contributed by atoms with van der Waals surface area (Å²) in [5.41, 5.74) is 0.841. The number of hydrogen-bond donors (Lipinski definition) is 1. The molecule has 2 aromatic rings. The van der Waals surface area contributed by atoms with Gasteiger partial charge >= 0.3 is 0 Å². The Morgan fingerprint density at radius 3 is 2.88 bits per heavy atom. The Bertz CT molecular complexity index is 831. The molecule has 0 spiro atoms. The van der Waals surface area contributed by atoms with Crippen molar-refractivity contribution in [2.75, 3.05) is 13.7 Å². The molecule has 0 aliphatic carbocycles. The molecular formula is C19H20N2O3S2. The van der Waals surface area contributed by atoms with E-state index < -0.39 is 5.92 Å². The molecule has 1 fully saturated rings. The number of thioether (sulfide) groups is 1. The molecule has 1 aromatic carbocycles. The van der Waals surface area contributed by atoms with Gasteiger partial charge in [0, 0.05) is 11.6 Å².